The van der Waals surface area contributed by atoms with Crippen LogP contribution in [-0.4, -0.2) is 7.11 Å². The molecule has 0 atom stereocenters. The zero-order valence-corrected chi connectivity index (χ0v) is 11.1. The molecule has 0 saturated carbocycles. The van der Waals surface area contributed by atoms with Crippen molar-refractivity contribution in [2.24, 2.45) is 0 Å². The zero-order valence-electron chi connectivity index (χ0n) is 11.1. The lowest BCUT2D eigenvalue weighted by Gasteiger charge is -2.12. The summed E-state index contributed by atoms with van der Waals surface area (Å²) in [5.74, 6) is 4.02. The molecule has 0 radical (unpaired) electrons. The van der Waals surface area contributed by atoms with Crippen molar-refractivity contribution in [3.05, 3.63) is 59.2 Å². The van der Waals surface area contributed by atoms with Crippen molar-refractivity contribution in [2.45, 2.75) is 13.5 Å². The highest BCUT2D eigenvalue weighted by molar-refractivity contribution is 5.52. The average molecular weight is 252 g/mol. The molecular weight excluding hydrogens is 236 g/mol. The summed E-state index contributed by atoms with van der Waals surface area (Å²) >= 11 is 0. The average Bonchev–Trinajstić information content (AvgIpc) is 2.46. The molecule has 0 fully saturated rings. The number of methoxy groups -OCH3 is 1. The third-order valence-electron chi connectivity index (χ3n) is 2.90. The van der Waals surface area contributed by atoms with E-state index < -0.39 is 0 Å². The summed E-state index contributed by atoms with van der Waals surface area (Å²) in [6.45, 7) is 2.45. The first kappa shape index (κ1) is 13.0. The van der Waals surface area contributed by atoms with Gasteiger partial charge in [0.2, 0.25) is 0 Å². The van der Waals surface area contributed by atoms with E-state index in [-0.39, 0.29) is 0 Å². The Bertz CT molecular complexity index is 595. The summed E-state index contributed by atoms with van der Waals surface area (Å²) in [5, 5.41) is 0. The van der Waals surface area contributed by atoms with Crippen molar-refractivity contribution in [1.82, 2.24) is 0 Å². The van der Waals surface area contributed by atoms with Gasteiger partial charge >= 0.3 is 0 Å². The summed E-state index contributed by atoms with van der Waals surface area (Å²) in [6, 6.07) is 13.7. The van der Waals surface area contributed by atoms with Gasteiger partial charge in [-0.05, 0) is 30.2 Å². The Hall–Kier alpha value is -2.40. The van der Waals surface area contributed by atoms with Gasteiger partial charge in [-0.2, -0.15) is 0 Å². The van der Waals surface area contributed by atoms with E-state index in [9.17, 15) is 0 Å². The molecule has 96 valence electrons. The van der Waals surface area contributed by atoms with Crippen LogP contribution in [0.4, 0.5) is 0 Å². The highest BCUT2D eigenvalue weighted by atomic mass is 16.5. The SMILES string of the molecule is C#Cc1cc(OCc2ccccc2)c(OC)cc1C. The van der Waals surface area contributed by atoms with Crippen molar-refractivity contribution in [2.75, 3.05) is 7.11 Å². The van der Waals surface area contributed by atoms with Crippen LogP contribution < -0.4 is 9.47 Å². The zero-order chi connectivity index (χ0) is 13.7. The summed E-state index contributed by atoms with van der Waals surface area (Å²) in [7, 11) is 1.62. The maximum absolute atomic E-state index is 5.79. The molecule has 0 spiro atoms. The minimum atomic E-state index is 0.490. The fraction of sp³-hybridized carbons (Fsp3) is 0.176. The van der Waals surface area contributed by atoms with Gasteiger partial charge in [0.15, 0.2) is 11.5 Å². The van der Waals surface area contributed by atoms with Crippen LogP contribution in [0, 0.1) is 19.3 Å². The third-order valence-corrected chi connectivity index (χ3v) is 2.90. The molecule has 2 rings (SSSR count). The summed E-state index contributed by atoms with van der Waals surface area (Å²) in [4.78, 5) is 0. The fourth-order valence-corrected chi connectivity index (χ4v) is 1.82. The molecule has 0 aliphatic rings. The van der Waals surface area contributed by atoms with Crippen molar-refractivity contribution in [3.63, 3.8) is 0 Å². The van der Waals surface area contributed by atoms with Gasteiger partial charge < -0.3 is 9.47 Å². The third kappa shape index (κ3) is 3.08. The first-order valence-corrected chi connectivity index (χ1v) is 6.06. The minimum absolute atomic E-state index is 0.490. The molecule has 2 aromatic carbocycles. The Kier molecular flexibility index (Phi) is 4.10. The standard InChI is InChI=1S/C17H16O2/c1-4-15-11-17(16(18-3)10-13(15)2)19-12-14-8-6-5-7-9-14/h1,5-11H,12H2,2-3H3. The second-order valence-corrected chi connectivity index (χ2v) is 4.24. The van der Waals surface area contributed by atoms with Gasteiger partial charge in [0.05, 0.1) is 7.11 Å². The topological polar surface area (TPSA) is 18.5 Å². The van der Waals surface area contributed by atoms with Crippen molar-refractivity contribution >= 4 is 0 Å². The van der Waals surface area contributed by atoms with Crippen molar-refractivity contribution in [1.29, 1.82) is 0 Å². The highest BCUT2D eigenvalue weighted by Gasteiger charge is 2.08. The smallest absolute Gasteiger partial charge is 0.162 e. The summed E-state index contributed by atoms with van der Waals surface area (Å²) < 4.78 is 11.1. The van der Waals surface area contributed by atoms with Gasteiger partial charge in [0, 0.05) is 5.56 Å². The minimum Gasteiger partial charge on any atom is -0.493 e. The molecule has 2 heteroatoms. The van der Waals surface area contributed by atoms with Crippen LogP contribution in [0.15, 0.2) is 42.5 Å². The molecule has 19 heavy (non-hydrogen) atoms. The Balaban J connectivity index is 2.22. The quantitative estimate of drug-likeness (QED) is 0.774. The second-order valence-electron chi connectivity index (χ2n) is 4.24. The van der Waals surface area contributed by atoms with Crippen molar-refractivity contribution < 1.29 is 9.47 Å². The summed E-state index contributed by atoms with van der Waals surface area (Å²) in [6.07, 6.45) is 5.47. The maximum Gasteiger partial charge on any atom is 0.162 e. The number of aryl methyl sites for hydroxylation is 1. The Labute approximate surface area is 114 Å². The van der Waals surface area contributed by atoms with Crippen LogP contribution in [0.25, 0.3) is 0 Å². The molecule has 0 aliphatic carbocycles. The number of hydrogen-bond donors (Lipinski definition) is 0. The number of terminal acetylenes is 1. The Morgan fingerprint density at radius 3 is 2.47 bits per heavy atom. The molecule has 2 nitrogen and oxygen atoms in total. The lowest BCUT2D eigenvalue weighted by molar-refractivity contribution is 0.284. The predicted molar refractivity (Wildman–Crippen MR) is 76.4 cm³/mol. The number of ether oxygens (including phenoxy) is 2. The largest absolute Gasteiger partial charge is 0.493 e. The van der Waals surface area contributed by atoms with Crippen LogP contribution >= 0.6 is 0 Å². The molecule has 2 aromatic rings. The van der Waals surface area contributed by atoms with E-state index in [1.165, 1.54) is 0 Å². The van der Waals surface area contributed by atoms with Crippen LogP contribution in [-0.2, 0) is 6.61 Å². The van der Waals surface area contributed by atoms with Crippen molar-refractivity contribution in [3.8, 4) is 23.8 Å². The van der Waals surface area contributed by atoms with E-state index in [1.54, 1.807) is 7.11 Å². The van der Waals surface area contributed by atoms with Crippen LogP contribution in [0.2, 0.25) is 0 Å². The molecule has 0 unspecified atom stereocenters. The molecule has 0 saturated heterocycles. The first-order chi connectivity index (χ1) is 9.24. The van der Waals surface area contributed by atoms with Crippen LogP contribution in [0.3, 0.4) is 0 Å². The van der Waals surface area contributed by atoms with Gasteiger partial charge in [-0.15, -0.1) is 6.42 Å². The van der Waals surface area contributed by atoms with E-state index in [0.717, 1.165) is 16.7 Å². The molecule has 0 heterocycles. The van der Waals surface area contributed by atoms with Gasteiger partial charge in [0.1, 0.15) is 6.61 Å². The Morgan fingerprint density at radius 2 is 1.84 bits per heavy atom. The van der Waals surface area contributed by atoms with Gasteiger partial charge in [-0.1, -0.05) is 36.3 Å². The molecule has 0 aliphatic heterocycles. The van der Waals surface area contributed by atoms with Gasteiger partial charge in [0.25, 0.3) is 0 Å². The van der Waals surface area contributed by atoms with E-state index in [2.05, 4.69) is 5.92 Å². The fourth-order valence-electron chi connectivity index (χ4n) is 1.82. The number of rotatable bonds is 4. The predicted octanol–water partition coefficient (Wildman–Crippen LogP) is 3.56. The normalized spacial score (nSPS) is 9.74. The van der Waals surface area contributed by atoms with E-state index in [0.29, 0.717) is 18.1 Å². The first-order valence-electron chi connectivity index (χ1n) is 6.06. The lowest BCUT2D eigenvalue weighted by Crippen LogP contribution is -1.99. The molecule has 0 amide bonds. The highest BCUT2D eigenvalue weighted by Crippen LogP contribution is 2.30. The maximum atomic E-state index is 5.79. The molecule has 0 bridgehead atoms. The van der Waals surface area contributed by atoms with Gasteiger partial charge in [-0.3, -0.25) is 0 Å². The van der Waals surface area contributed by atoms with Crippen LogP contribution in [0.1, 0.15) is 16.7 Å². The molecule has 0 aromatic heterocycles. The number of hydrogen-bond acceptors (Lipinski definition) is 2. The van der Waals surface area contributed by atoms with Crippen LogP contribution in [0.5, 0.6) is 11.5 Å². The second kappa shape index (κ2) is 5.97. The van der Waals surface area contributed by atoms with Gasteiger partial charge in [-0.25, -0.2) is 0 Å². The van der Waals surface area contributed by atoms with E-state index in [4.69, 9.17) is 15.9 Å². The molecule has 0 N–H and O–H groups in total. The number of benzene rings is 2. The Morgan fingerprint density at radius 1 is 1.11 bits per heavy atom. The van der Waals surface area contributed by atoms with E-state index in [1.807, 2.05) is 49.4 Å². The van der Waals surface area contributed by atoms with E-state index >= 15 is 0 Å². The molecular formula is C17H16O2. The lowest BCUT2D eigenvalue weighted by atomic mass is 10.1. The monoisotopic (exact) mass is 252 g/mol. The summed E-state index contributed by atoms with van der Waals surface area (Å²) in [5.41, 5.74) is 2.93.